The van der Waals surface area contributed by atoms with Gasteiger partial charge in [0.15, 0.2) is 0 Å². The van der Waals surface area contributed by atoms with Gasteiger partial charge in [-0.25, -0.2) is 0 Å². The normalized spacial score (nSPS) is 9.00. The molecule has 0 atom stereocenters. The molecule has 0 spiro atoms. The summed E-state index contributed by atoms with van der Waals surface area (Å²) in [5, 5.41) is 0. The Morgan fingerprint density at radius 1 is 1.22 bits per heavy atom. The summed E-state index contributed by atoms with van der Waals surface area (Å²) in [6.45, 7) is 0. The van der Waals surface area contributed by atoms with Gasteiger partial charge in [-0.05, 0) is 12.1 Å². The lowest BCUT2D eigenvalue weighted by Crippen LogP contribution is -1.86. The number of rotatable bonds is 2. The summed E-state index contributed by atoms with van der Waals surface area (Å²) in [4.78, 5) is 0. The van der Waals surface area contributed by atoms with E-state index in [-0.39, 0.29) is 0 Å². The van der Waals surface area contributed by atoms with E-state index in [4.69, 9.17) is 0 Å². The minimum Gasteiger partial charge on any atom is -0.574 e. The molecule has 0 fully saturated rings. The molecule has 1 rings (SSSR count). The minimum atomic E-state index is 1.03. The Labute approximate surface area is 54.9 Å². The number of benzene rings is 1. The number of para-hydroxylation sites is 1. The molecule has 0 aliphatic carbocycles. The molecule has 0 bridgehead atoms. The van der Waals surface area contributed by atoms with Crippen molar-refractivity contribution in [3.63, 3.8) is 0 Å². The number of nitrogens with zero attached hydrogens (tertiary/aromatic N) is 1. The van der Waals surface area contributed by atoms with Crippen molar-refractivity contribution in [2.75, 3.05) is 12.5 Å². The molecule has 2 nitrogen and oxygen atoms in total. The van der Waals surface area contributed by atoms with Gasteiger partial charge < -0.3 is 10.9 Å². The third kappa shape index (κ3) is 1.74. The Morgan fingerprint density at radius 3 is 2.44 bits per heavy atom. The van der Waals surface area contributed by atoms with Crippen LogP contribution in [0, 0.1) is 0 Å². The van der Waals surface area contributed by atoms with Crippen LogP contribution in [-0.2, 0) is 0 Å². The highest BCUT2D eigenvalue weighted by Gasteiger charge is 1.76. The molecule has 0 saturated heterocycles. The van der Waals surface area contributed by atoms with E-state index in [1.807, 2.05) is 30.3 Å². The van der Waals surface area contributed by atoms with Crippen LogP contribution in [0.2, 0.25) is 0 Å². The standard InChI is InChI=1S/C7H9N2/c1-8-9-7-5-3-2-4-6-7/h2-6,9H,1H3/q-1. The Balaban J connectivity index is 2.61. The van der Waals surface area contributed by atoms with Crippen molar-refractivity contribution in [2.24, 2.45) is 0 Å². The second-order valence-electron chi connectivity index (χ2n) is 1.70. The zero-order valence-corrected chi connectivity index (χ0v) is 5.33. The third-order valence-electron chi connectivity index (χ3n) is 1.01. The fraction of sp³-hybridized carbons (Fsp3) is 0.143. The van der Waals surface area contributed by atoms with Gasteiger partial charge in [-0.3, -0.25) is 0 Å². The summed E-state index contributed by atoms with van der Waals surface area (Å²) >= 11 is 0. The maximum absolute atomic E-state index is 3.76. The van der Waals surface area contributed by atoms with Gasteiger partial charge in [0.1, 0.15) is 0 Å². The van der Waals surface area contributed by atoms with Crippen molar-refractivity contribution in [3.8, 4) is 0 Å². The zero-order valence-electron chi connectivity index (χ0n) is 5.33. The topological polar surface area (TPSA) is 26.1 Å². The molecular formula is C7H9N2-. The summed E-state index contributed by atoms with van der Waals surface area (Å²) < 4.78 is 0. The van der Waals surface area contributed by atoms with E-state index in [0.29, 0.717) is 0 Å². The Bertz CT molecular complexity index is 160. The molecule has 0 aliphatic heterocycles. The Hall–Kier alpha value is -1.02. The van der Waals surface area contributed by atoms with Crippen molar-refractivity contribution in [2.45, 2.75) is 0 Å². The van der Waals surface area contributed by atoms with Gasteiger partial charge in [0.2, 0.25) is 0 Å². The highest BCUT2D eigenvalue weighted by molar-refractivity contribution is 5.44. The van der Waals surface area contributed by atoms with Gasteiger partial charge in [0.25, 0.3) is 0 Å². The van der Waals surface area contributed by atoms with Crippen LogP contribution < -0.4 is 5.43 Å². The number of hydrogen-bond acceptors (Lipinski definition) is 1. The van der Waals surface area contributed by atoms with E-state index in [0.717, 1.165) is 5.69 Å². The average molecular weight is 121 g/mol. The van der Waals surface area contributed by atoms with Crippen LogP contribution >= 0.6 is 0 Å². The summed E-state index contributed by atoms with van der Waals surface area (Å²) in [6, 6.07) is 9.84. The van der Waals surface area contributed by atoms with E-state index < -0.39 is 0 Å². The lowest BCUT2D eigenvalue weighted by atomic mass is 10.3. The second-order valence-corrected chi connectivity index (χ2v) is 1.70. The van der Waals surface area contributed by atoms with E-state index in [2.05, 4.69) is 10.9 Å². The Morgan fingerprint density at radius 2 is 1.89 bits per heavy atom. The van der Waals surface area contributed by atoms with E-state index in [1.165, 1.54) is 0 Å². The van der Waals surface area contributed by atoms with Gasteiger partial charge in [-0.1, -0.05) is 18.2 Å². The van der Waals surface area contributed by atoms with E-state index >= 15 is 0 Å². The molecular weight excluding hydrogens is 112 g/mol. The largest absolute Gasteiger partial charge is 0.574 e. The molecule has 1 N–H and O–H groups in total. The molecule has 0 radical (unpaired) electrons. The smallest absolute Gasteiger partial charge is 0.0170 e. The predicted octanol–water partition coefficient (Wildman–Crippen LogP) is 2.02. The molecule has 0 heterocycles. The fourth-order valence-electron chi connectivity index (χ4n) is 0.642. The number of nitrogens with one attached hydrogen (secondary N) is 1. The molecule has 2 heteroatoms. The first kappa shape index (κ1) is 6.11. The molecule has 0 aromatic heterocycles. The van der Waals surface area contributed by atoms with Crippen LogP contribution in [0.5, 0.6) is 0 Å². The first-order chi connectivity index (χ1) is 4.43. The first-order valence-corrected chi connectivity index (χ1v) is 2.83. The highest BCUT2D eigenvalue weighted by atomic mass is 15.3. The highest BCUT2D eigenvalue weighted by Crippen LogP contribution is 2.04. The molecule has 0 unspecified atom stereocenters. The van der Waals surface area contributed by atoms with Gasteiger partial charge >= 0.3 is 0 Å². The summed E-state index contributed by atoms with van der Waals surface area (Å²) in [6.07, 6.45) is 0. The quantitative estimate of drug-likeness (QED) is 0.595. The van der Waals surface area contributed by atoms with Crippen molar-refractivity contribution >= 4 is 5.69 Å². The fourth-order valence-corrected chi connectivity index (χ4v) is 0.642. The molecule has 1 aromatic carbocycles. The van der Waals surface area contributed by atoms with Crippen LogP contribution in [0.4, 0.5) is 5.69 Å². The van der Waals surface area contributed by atoms with Crippen LogP contribution in [0.1, 0.15) is 0 Å². The van der Waals surface area contributed by atoms with Gasteiger partial charge in [-0.15, -0.1) is 7.05 Å². The maximum Gasteiger partial charge on any atom is 0.0170 e. The van der Waals surface area contributed by atoms with Crippen LogP contribution in [-0.4, -0.2) is 7.05 Å². The third-order valence-corrected chi connectivity index (χ3v) is 1.01. The number of anilines is 1. The molecule has 0 amide bonds. The van der Waals surface area contributed by atoms with Crippen molar-refractivity contribution < 1.29 is 0 Å². The lowest BCUT2D eigenvalue weighted by Gasteiger charge is -2.15. The van der Waals surface area contributed by atoms with Crippen LogP contribution in [0.15, 0.2) is 30.3 Å². The van der Waals surface area contributed by atoms with Crippen LogP contribution in [0.3, 0.4) is 0 Å². The zero-order chi connectivity index (χ0) is 6.53. The Kier molecular flexibility index (Phi) is 2.10. The van der Waals surface area contributed by atoms with Crippen molar-refractivity contribution in [1.29, 1.82) is 0 Å². The molecule has 48 valence electrons. The summed E-state index contributed by atoms with van der Waals surface area (Å²) in [5.41, 5.74) is 7.62. The van der Waals surface area contributed by atoms with E-state index in [9.17, 15) is 0 Å². The average Bonchev–Trinajstić information content (AvgIpc) is 1.91. The van der Waals surface area contributed by atoms with Gasteiger partial charge in [0, 0.05) is 5.69 Å². The second kappa shape index (κ2) is 3.10. The minimum absolute atomic E-state index is 1.03. The SMILES string of the molecule is C[N-]Nc1ccccc1. The van der Waals surface area contributed by atoms with Crippen molar-refractivity contribution in [3.05, 3.63) is 35.8 Å². The van der Waals surface area contributed by atoms with Crippen LogP contribution in [0.25, 0.3) is 5.43 Å². The lowest BCUT2D eigenvalue weighted by molar-refractivity contribution is 1.47. The summed E-state index contributed by atoms with van der Waals surface area (Å²) in [5.74, 6) is 0. The van der Waals surface area contributed by atoms with Gasteiger partial charge in [-0.2, -0.15) is 0 Å². The van der Waals surface area contributed by atoms with E-state index in [1.54, 1.807) is 7.05 Å². The molecule has 0 saturated carbocycles. The molecule has 9 heavy (non-hydrogen) atoms. The van der Waals surface area contributed by atoms with Crippen molar-refractivity contribution in [1.82, 2.24) is 0 Å². The monoisotopic (exact) mass is 121 g/mol. The first-order valence-electron chi connectivity index (χ1n) is 2.83. The van der Waals surface area contributed by atoms with Gasteiger partial charge in [0.05, 0.1) is 0 Å². The summed E-state index contributed by atoms with van der Waals surface area (Å²) in [7, 11) is 1.72. The maximum atomic E-state index is 3.76. The molecule has 1 aromatic rings. The predicted molar refractivity (Wildman–Crippen MR) is 39.3 cm³/mol. The molecule has 0 aliphatic rings. The number of hydrogen-bond donors (Lipinski definition) is 1.